The summed E-state index contributed by atoms with van der Waals surface area (Å²) in [7, 11) is 1.98. The third-order valence-corrected chi connectivity index (χ3v) is 4.42. The van der Waals surface area contributed by atoms with Crippen molar-refractivity contribution in [3.8, 4) is 0 Å². The molecule has 0 spiro atoms. The summed E-state index contributed by atoms with van der Waals surface area (Å²) in [4.78, 5) is 6.00. The molecular weight excluding hydrogens is 256 g/mol. The lowest BCUT2D eigenvalue weighted by Crippen LogP contribution is -2.22. The van der Waals surface area contributed by atoms with Crippen LogP contribution < -0.4 is 5.32 Å². The zero-order valence-electron chi connectivity index (χ0n) is 12.3. The van der Waals surface area contributed by atoms with E-state index in [2.05, 4.69) is 44.3 Å². The van der Waals surface area contributed by atoms with Gasteiger partial charge in [-0.15, -0.1) is 11.3 Å². The number of nitrogens with one attached hydrogen (secondary N) is 1. The van der Waals surface area contributed by atoms with E-state index in [4.69, 9.17) is 4.98 Å². The van der Waals surface area contributed by atoms with Crippen LogP contribution in [0.1, 0.15) is 46.7 Å². The summed E-state index contributed by atoms with van der Waals surface area (Å²) in [6.07, 6.45) is 3.06. The number of aromatic nitrogens is 3. The maximum absolute atomic E-state index is 4.71. The molecule has 0 aliphatic rings. The highest BCUT2D eigenvalue weighted by Gasteiger charge is 2.22. The first-order chi connectivity index (χ1) is 9.06. The second kappa shape index (κ2) is 5.84. The Morgan fingerprint density at radius 2 is 2.11 bits per heavy atom. The lowest BCUT2D eigenvalue weighted by atomic mass is 10.1. The van der Waals surface area contributed by atoms with Crippen LogP contribution in [-0.2, 0) is 13.5 Å². The highest BCUT2D eigenvalue weighted by Crippen LogP contribution is 2.29. The number of thiazole rings is 1. The highest BCUT2D eigenvalue weighted by molar-refractivity contribution is 7.11. The quantitative estimate of drug-likeness (QED) is 0.914. The molecule has 0 radical (unpaired) electrons. The topological polar surface area (TPSA) is 42.7 Å². The third kappa shape index (κ3) is 2.87. The van der Waals surface area contributed by atoms with Crippen LogP contribution in [-0.4, -0.2) is 21.3 Å². The van der Waals surface area contributed by atoms with Gasteiger partial charge in [-0.1, -0.05) is 13.8 Å². The minimum atomic E-state index is 0.158. The van der Waals surface area contributed by atoms with E-state index in [9.17, 15) is 0 Å². The van der Waals surface area contributed by atoms with E-state index in [1.807, 2.05) is 11.7 Å². The van der Waals surface area contributed by atoms with Crippen LogP contribution >= 0.6 is 11.3 Å². The van der Waals surface area contributed by atoms with Crippen molar-refractivity contribution in [3.63, 3.8) is 0 Å². The summed E-state index contributed by atoms with van der Waals surface area (Å²) in [5.41, 5.74) is 3.53. The average molecular weight is 278 g/mol. The van der Waals surface area contributed by atoms with Crippen molar-refractivity contribution >= 4 is 11.3 Å². The average Bonchev–Trinajstić information content (AvgIpc) is 2.90. The van der Waals surface area contributed by atoms with Crippen LogP contribution in [0.25, 0.3) is 0 Å². The summed E-state index contributed by atoms with van der Waals surface area (Å²) < 4.78 is 1.89. The Bertz CT molecular complexity index is 536. The molecule has 0 aliphatic carbocycles. The second-order valence-electron chi connectivity index (χ2n) is 4.74. The van der Waals surface area contributed by atoms with E-state index >= 15 is 0 Å². The molecule has 19 heavy (non-hydrogen) atoms. The summed E-state index contributed by atoms with van der Waals surface area (Å²) in [5, 5.41) is 9.22. The number of hydrogen-bond acceptors (Lipinski definition) is 4. The molecule has 2 aromatic heterocycles. The van der Waals surface area contributed by atoms with Crippen LogP contribution in [0, 0.1) is 13.8 Å². The van der Waals surface area contributed by atoms with Crippen LogP contribution in [0.5, 0.6) is 0 Å². The van der Waals surface area contributed by atoms with E-state index in [1.165, 1.54) is 10.4 Å². The van der Waals surface area contributed by atoms with Crippen molar-refractivity contribution in [2.75, 3.05) is 6.54 Å². The van der Waals surface area contributed by atoms with Gasteiger partial charge in [0.2, 0.25) is 0 Å². The minimum Gasteiger partial charge on any atom is -0.304 e. The van der Waals surface area contributed by atoms with Gasteiger partial charge in [-0.3, -0.25) is 4.68 Å². The van der Waals surface area contributed by atoms with Gasteiger partial charge in [0.05, 0.1) is 17.4 Å². The van der Waals surface area contributed by atoms with E-state index in [0.29, 0.717) is 0 Å². The molecular formula is C14H22N4S. The predicted octanol–water partition coefficient (Wildman–Crippen LogP) is 2.75. The number of nitrogens with zero attached hydrogens (tertiary/aromatic N) is 3. The number of hydrogen-bond donors (Lipinski definition) is 1. The molecule has 2 rings (SSSR count). The Labute approximate surface area is 118 Å². The molecule has 1 atom stereocenters. The van der Waals surface area contributed by atoms with E-state index in [1.54, 1.807) is 11.3 Å². The van der Waals surface area contributed by atoms with Crippen molar-refractivity contribution < 1.29 is 0 Å². The molecule has 1 N–H and O–H groups in total. The maximum Gasteiger partial charge on any atom is 0.115 e. The fourth-order valence-corrected chi connectivity index (χ4v) is 3.24. The smallest absolute Gasteiger partial charge is 0.115 e. The largest absolute Gasteiger partial charge is 0.304 e. The van der Waals surface area contributed by atoms with Gasteiger partial charge in [-0.2, -0.15) is 5.10 Å². The van der Waals surface area contributed by atoms with Gasteiger partial charge in [-0.25, -0.2) is 4.98 Å². The molecule has 104 valence electrons. The summed E-state index contributed by atoms with van der Waals surface area (Å²) in [5.74, 6) is 0. The van der Waals surface area contributed by atoms with Crippen molar-refractivity contribution in [1.29, 1.82) is 0 Å². The van der Waals surface area contributed by atoms with Crippen molar-refractivity contribution in [2.24, 2.45) is 7.05 Å². The molecule has 1 unspecified atom stereocenters. The molecule has 2 heterocycles. The first-order valence-corrected chi connectivity index (χ1v) is 7.58. The molecule has 4 nitrogen and oxygen atoms in total. The zero-order chi connectivity index (χ0) is 14.0. The third-order valence-electron chi connectivity index (χ3n) is 3.28. The fourth-order valence-electron chi connectivity index (χ4n) is 2.22. The number of rotatable bonds is 5. The zero-order valence-corrected chi connectivity index (χ0v) is 13.1. The monoisotopic (exact) mass is 278 g/mol. The summed E-state index contributed by atoms with van der Waals surface area (Å²) in [6.45, 7) is 9.39. The Hall–Kier alpha value is -1.20. The molecule has 0 amide bonds. The highest BCUT2D eigenvalue weighted by atomic mass is 32.1. The lowest BCUT2D eigenvalue weighted by molar-refractivity contribution is 0.621. The first-order valence-electron chi connectivity index (χ1n) is 6.76. The molecule has 0 bridgehead atoms. The van der Waals surface area contributed by atoms with Crippen LogP contribution in [0.3, 0.4) is 0 Å². The van der Waals surface area contributed by atoms with Gasteiger partial charge in [0, 0.05) is 23.7 Å². The molecule has 0 aromatic carbocycles. The van der Waals surface area contributed by atoms with Crippen molar-refractivity contribution in [1.82, 2.24) is 20.1 Å². The van der Waals surface area contributed by atoms with E-state index in [-0.39, 0.29) is 6.04 Å². The Balaban J connectivity index is 2.44. The van der Waals surface area contributed by atoms with Gasteiger partial charge in [-0.05, 0) is 26.8 Å². The molecule has 0 saturated carbocycles. The standard InChI is InChI=1S/C14H22N4S/c1-6-12-11(8-18(5)17-12)13(15-7-2)14-16-9(3)10(4)19-14/h8,13,15H,6-7H2,1-5H3. The van der Waals surface area contributed by atoms with Gasteiger partial charge >= 0.3 is 0 Å². The maximum atomic E-state index is 4.71. The van der Waals surface area contributed by atoms with Crippen LogP contribution in [0.15, 0.2) is 6.20 Å². The Kier molecular flexibility index (Phi) is 4.37. The van der Waals surface area contributed by atoms with Gasteiger partial charge in [0.1, 0.15) is 5.01 Å². The molecule has 5 heteroatoms. The normalized spacial score (nSPS) is 12.9. The molecule has 0 aliphatic heterocycles. The summed E-state index contributed by atoms with van der Waals surface area (Å²) >= 11 is 1.78. The van der Waals surface area contributed by atoms with Crippen LogP contribution in [0.4, 0.5) is 0 Å². The van der Waals surface area contributed by atoms with Gasteiger partial charge in [0.15, 0.2) is 0 Å². The molecule has 0 fully saturated rings. The summed E-state index contributed by atoms with van der Waals surface area (Å²) in [6, 6.07) is 0.158. The SMILES string of the molecule is CCNC(c1nc(C)c(C)s1)c1cn(C)nc1CC. The second-order valence-corrected chi connectivity index (χ2v) is 5.98. The van der Waals surface area contributed by atoms with Gasteiger partial charge < -0.3 is 5.32 Å². The lowest BCUT2D eigenvalue weighted by Gasteiger charge is -2.15. The van der Waals surface area contributed by atoms with E-state index in [0.717, 1.165) is 29.4 Å². The number of aryl methyl sites for hydroxylation is 4. The molecule has 2 aromatic rings. The van der Waals surface area contributed by atoms with Crippen molar-refractivity contribution in [3.05, 3.63) is 33.0 Å². The van der Waals surface area contributed by atoms with Crippen molar-refractivity contribution in [2.45, 2.75) is 40.2 Å². The minimum absolute atomic E-state index is 0.158. The Morgan fingerprint density at radius 3 is 2.63 bits per heavy atom. The first kappa shape index (κ1) is 14.2. The van der Waals surface area contributed by atoms with Crippen LogP contribution in [0.2, 0.25) is 0 Å². The Morgan fingerprint density at radius 1 is 1.37 bits per heavy atom. The fraction of sp³-hybridized carbons (Fsp3) is 0.571. The predicted molar refractivity (Wildman–Crippen MR) is 79.7 cm³/mol. The molecule has 0 saturated heterocycles. The van der Waals surface area contributed by atoms with E-state index < -0.39 is 0 Å². The van der Waals surface area contributed by atoms with Gasteiger partial charge in [0.25, 0.3) is 0 Å².